The van der Waals surface area contributed by atoms with Crippen molar-refractivity contribution in [3.8, 4) is 0 Å². The summed E-state index contributed by atoms with van der Waals surface area (Å²) in [6.45, 7) is 3.01. The minimum Gasteiger partial charge on any atom is -0.390 e. The Morgan fingerprint density at radius 3 is 1.83 bits per heavy atom. The van der Waals surface area contributed by atoms with E-state index in [1.165, 1.54) is 87.9 Å². The molecule has 0 aliphatic carbocycles. The Kier molecular flexibility index (Phi) is 23.9. The fourth-order valence-corrected chi connectivity index (χ4v) is 10.0. The van der Waals surface area contributed by atoms with Crippen LogP contribution in [0.15, 0.2) is 20.8 Å². The molecule has 20 heteroatoms. The van der Waals surface area contributed by atoms with E-state index in [0.29, 0.717) is 19.3 Å². The maximum Gasteiger partial charge on any atom is 0.490 e. The molecule has 1 aliphatic heterocycles. The van der Waals surface area contributed by atoms with Crippen molar-refractivity contribution in [1.29, 1.82) is 0 Å². The molecule has 1 aliphatic rings. The first kappa shape index (κ1) is 48.4. The predicted octanol–water partition coefficient (Wildman–Crippen LogP) is 9.00. The van der Waals surface area contributed by atoms with E-state index < -0.39 is 59.8 Å². The van der Waals surface area contributed by atoms with Crippen molar-refractivity contribution in [2.24, 2.45) is 0 Å². The number of hydrogen-bond acceptors (Lipinski definition) is 12. The van der Waals surface area contributed by atoms with Gasteiger partial charge in [-0.25, -0.2) is 18.5 Å². The lowest BCUT2D eigenvalue weighted by Gasteiger charge is -2.22. The lowest BCUT2D eigenvalue weighted by Crippen LogP contribution is -2.33. The van der Waals surface area contributed by atoms with E-state index in [0.717, 1.165) is 30.3 Å². The quantitative estimate of drug-likeness (QED) is 0.0404. The van der Waals surface area contributed by atoms with Gasteiger partial charge in [-0.3, -0.25) is 27.9 Å². The summed E-state index contributed by atoms with van der Waals surface area (Å²) < 4.78 is 69.5. The molecule has 16 nitrogen and oxygen atoms in total. The number of hydrogen-bond donors (Lipinski definition) is 4. The van der Waals surface area contributed by atoms with Crippen molar-refractivity contribution in [2.45, 2.75) is 154 Å². The van der Waals surface area contributed by atoms with Crippen LogP contribution in [0.25, 0.3) is 6.08 Å². The van der Waals surface area contributed by atoms with Crippen molar-refractivity contribution < 1.29 is 55.5 Å². The number of aromatic amines is 1. The Labute approximate surface area is 321 Å². The molecule has 0 radical (unpaired) electrons. The van der Waals surface area contributed by atoms with E-state index in [9.17, 15) is 38.2 Å². The number of rotatable bonds is 31. The van der Waals surface area contributed by atoms with Crippen molar-refractivity contribution >= 4 is 45.5 Å². The van der Waals surface area contributed by atoms with Gasteiger partial charge in [0, 0.05) is 12.6 Å². The van der Waals surface area contributed by atoms with Crippen LogP contribution < -0.4 is 11.2 Å². The van der Waals surface area contributed by atoms with Gasteiger partial charge in [0.1, 0.15) is 12.3 Å². The summed E-state index contributed by atoms with van der Waals surface area (Å²) in [5.74, 6) is 0. The molecular weight excluding hydrogens is 821 g/mol. The minimum atomic E-state index is -5.58. The number of aromatic nitrogens is 2. The number of aliphatic hydroxyl groups is 1. The molecule has 1 aromatic heterocycles. The third-order valence-corrected chi connectivity index (χ3v) is 13.6. The second-order valence-corrected chi connectivity index (χ2v) is 18.5. The Bertz CT molecular complexity index is 1470. The molecule has 4 unspecified atom stereocenters. The lowest BCUT2D eigenvalue weighted by atomic mass is 10.0. The second-order valence-electron chi connectivity index (χ2n) is 13.1. The molecular formula is C33H60BrN2O14P3. The standard InChI is InChI=1S/C33H60BrN2O14P3/c1-3-5-7-8-9-10-11-12-13-14-15-16-17-18-19-20-24-46-53(44,45-23-6-4-2)50-52(42,43)49-51(40,41)47-27-30-29(37)25-31(48-30)36-26-28(21-22-34)32(38)35-33(36)39/h21-22,26,29-31,37H,3-20,23-25,27H2,1-2H3,(H,40,41)(H,42,43)(H,35,38,39)/b22-21+/t29?,30-,31-,53?/m1/s1. The van der Waals surface area contributed by atoms with Crippen LogP contribution >= 0.6 is 39.4 Å². The van der Waals surface area contributed by atoms with Gasteiger partial charge in [-0.15, -0.1) is 0 Å². The summed E-state index contributed by atoms with van der Waals surface area (Å²) in [5, 5.41) is 10.4. The highest BCUT2D eigenvalue weighted by molar-refractivity contribution is 9.11. The maximum absolute atomic E-state index is 13.2. The van der Waals surface area contributed by atoms with Gasteiger partial charge >= 0.3 is 29.2 Å². The number of halogens is 1. The van der Waals surface area contributed by atoms with Gasteiger partial charge < -0.3 is 19.6 Å². The average Bonchev–Trinajstić information content (AvgIpc) is 3.45. The summed E-state index contributed by atoms with van der Waals surface area (Å²) in [4.78, 5) is 48.3. The molecule has 1 saturated heterocycles. The van der Waals surface area contributed by atoms with Crippen molar-refractivity contribution in [1.82, 2.24) is 9.55 Å². The van der Waals surface area contributed by atoms with E-state index in [-0.39, 0.29) is 25.2 Å². The number of nitrogens with zero attached hydrogens (tertiary/aromatic N) is 1. The topological polar surface area (TPSA) is 222 Å². The third-order valence-electron chi connectivity index (χ3n) is 8.56. The Morgan fingerprint density at radius 1 is 0.792 bits per heavy atom. The Hall–Kier alpha value is -0.770. The van der Waals surface area contributed by atoms with Crippen LogP contribution in [-0.4, -0.2) is 56.5 Å². The number of ether oxygens (including phenoxy) is 1. The molecule has 0 aromatic carbocycles. The van der Waals surface area contributed by atoms with E-state index in [2.05, 4.69) is 36.5 Å². The third kappa shape index (κ3) is 20.3. The van der Waals surface area contributed by atoms with Gasteiger partial charge in [0.05, 0.1) is 31.5 Å². The zero-order valence-electron chi connectivity index (χ0n) is 31.0. The summed E-state index contributed by atoms with van der Waals surface area (Å²) in [6.07, 6.45) is 18.5. The molecule has 2 rings (SSSR count). The van der Waals surface area contributed by atoms with Gasteiger partial charge in [0.15, 0.2) is 0 Å². The highest BCUT2D eigenvalue weighted by Crippen LogP contribution is 2.69. The number of phosphoric ester groups is 2. The van der Waals surface area contributed by atoms with Gasteiger partial charge in [-0.1, -0.05) is 133 Å². The smallest absolute Gasteiger partial charge is 0.390 e. The van der Waals surface area contributed by atoms with Crippen molar-refractivity contribution in [3.05, 3.63) is 37.6 Å². The summed E-state index contributed by atoms with van der Waals surface area (Å²) in [7, 11) is -15.7. The van der Waals surface area contributed by atoms with E-state index in [4.69, 9.17) is 18.3 Å². The van der Waals surface area contributed by atoms with E-state index in [1.54, 1.807) is 0 Å². The van der Waals surface area contributed by atoms with Gasteiger partial charge in [-0.2, -0.15) is 8.62 Å². The fraction of sp³-hybridized carbons (Fsp3) is 0.818. The largest absolute Gasteiger partial charge is 0.490 e. The Balaban J connectivity index is 1.76. The maximum atomic E-state index is 13.2. The fourth-order valence-electron chi connectivity index (χ4n) is 5.63. The normalized spacial score (nSPS) is 21.1. The first-order chi connectivity index (χ1) is 25.2. The predicted molar refractivity (Wildman–Crippen MR) is 206 cm³/mol. The van der Waals surface area contributed by atoms with Crippen LogP contribution in [-0.2, 0) is 40.6 Å². The van der Waals surface area contributed by atoms with Crippen LogP contribution in [0.1, 0.15) is 148 Å². The average molecular weight is 882 g/mol. The molecule has 4 N–H and O–H groups in total. The summed E-state index contributed by atoms with van der Waals surface area (Å²) in [5.41, 5.74) is -1.37. The van der Waals surface area contributed by atoms with E-state index in [1.807, 2.05) is 6.92 Å². The molecule has 0 amide bonds. The number of phosphoric acid groups is 3. The van der Waals surface area contributed by atoms with Gasteiger partial charge in [-0.05, 0) is 23.9 Å². The monoisotopic (exact) mass is 880 g/mol. The van der Waals surface area contributed by atoms with Crippen LogP contribution in [0.3, 0.4) is 0 Å². The second kappa shape index (κ2) is 26.2. The molecule has 0 spiro atoms. The van der Waals surface area contributed by atoms with Crippen LogP contribution in [0.5, 0.6) is 0 Å². The van der Waals surface area contributed by atoms with Crippen molar-refractivity contribution in [3.63, 3.8) is 0 Å². The molecule has 6 atom stereocenters. The van der Waals surface area contributed by atoms with Crippen molar-refractivity contribution in [2.75, 3.05) is 19.8 Å². The van der Waals surface area contributed by atoms with Crippen LogP contribution in [0, 0.1) is 0 Å². The number of nitrogens with one attached hydrogen (secondary N) is 1. The van der Waals surface area contributed by atoms with Crippen LogP contribution in [0.4, 0.5) is 0 Å². The Morgan fingerprint density at radius 2 is 1.30 bits per heavy atom. The van der Waals surface area contributed by atoms with E-state index >= 15 is 0 Å². The minimum absolute atomic E-state index is 0.108. The first-order valence-electron chi connectivity index (χ1n) is 18.8. The molecule has 1 aromatic rings. The molecule has 0 saturated carbocycles. The highest BCUT2D eigenvalue weighted by Gasteiger charge is 2.45. The molecule has 308 valence electrons. The SMILES string of the molecule is CCCCCCCCCCCCCCCCCCOP(=O)(OCCCC)OP(=O)(O)OP(=O)(O)OC[C@H]1O[C@@H](n2cc(/C=C/Br)c(=O)[nH]c2=O)CC1O. The lowest BCUT2D eigenvalue weighted by molar-refractivity contribution is -0.0450. The number of H-pyrrole nitrogens is 1. The van der Waals surface area contributed by atoms with Gasteiger partial charge in [0.2, 0.25) is 0 Å². The number of unbranched alkanes of at least 4 members (excludes halogenated alkanes) is 16. The van der Waals surface area contributed by atoms with Crippen LogP contribution in [0.2, 0.25) is 0 Å². The molecule has 1 fully saturated rings. The zero-order chi connectivity index (χ0) is 39.2. The molecule has 0 bridgehead atoms. The molecule has 2 heterocycles. The highest BCUT2D eigenvalue weighted by atomic mass is 79.9. The summed E-state index contributed by atoms with van der Waals surface area (Å²) >= 11 is 3.05. The summed E-state index contributed by atoms with van der Waals surface area (Å²) in [6, 6.07) is 0. The zero-order valence-corrected chi connectivity index (χ0v) is 35.3. The van der Waals surface area contributed by atoms with Gasteiger partial charge in [0.25, 0.3) is 5.56 Å². The first-order valence-corrected chi connectivity index (χ1v) is 24.2. The number of aliphatic hydroxyl groups excluding tert-OH is 1. The molecule has 53 heavy (non-hydrogen) atoms.